The quantitative estimate of drug-likeness (QED) is 0.0430. The monoisotopic (exact) mass is 663 g/mol. The highest BCUT2D eigenvalue weighted by Crippen LogP contribution is 2.44. The molecule has 0 N–H and O–H groups in total. The molecule has 1 aliphatic carbocycles. The second-order valence-corrected chi connectivity index (χ2v) is 15.2. The Morgan fingerprint density at radius 2 is 0.766 bits per heavy atom. The molecule has 3 saturated heterocycles. The standard InChI is InChI=1S/C40H70O7/c1-3-5-7-9-11-13-17-23-33-35(45-33)25-19-15-21-27-43-39(41)31-29-37-38(47-37)30-32(31)40(42)44-28-22-16-20-26-36-34(46-36)24-18-14-12-10-8-6-4-2/h31-38H,3-30H2,1-2H3. The van der Waals surface area contributed by atoms with E-state index in [1.807, 2.05) is 0 Å². The van der Waals surface area contributed by atoms with Crippen molar-refractivity contribution in [1.29, 1.82) is 0 Å². The van der Waals surface area contributed by atoms with E-state index in [-0.39, 0.29) is 24.1 Å². The van der Waals surface area contributed by atoms with Crippen LogP contribution in [0.1, 0.15) is 181 Å². The summed E-state index contributed by atoms with van der Waals surface area (Å²) in [5, 5.41) is 0. The number of esters is 2. The van der Waals surface area contributed by atoms with Crippen LogP contribution in [0.4, 0.5) is 0 Å². The molecule has 0 spiro atoms. The van der Waals surface area contributed by atoms with Gasteiger partial charge in [0.25, 0.3) is 0 Å². The minimum atomic E-state index is -0.446. The van der Waals surface area contributed by atoms with Gasteiger partial charge in [-0.2, -0.15) is 0 Å². The molecule has 47 heavy (non-hydrogen) atoms. The lowest BCUT2D eigenvalue weighted by Crippen LogP contribution is -2.37. The molecule has 1 saturated carbocycles. The van der Waals surface area contributed by atoms with Gasteiger partial charge in [-0.25, -0.2) is 0 Å². The molecule has 4 aliphatic rings. The van der Waals surface area contributed by atoms with Gasteiger partial charge in [0.15, 0.2) is 0 Å². The molecule has 4 fully saturated rings. The molecule has 7 heteroatoms. The van der Waals surface area contributed by atoms with Crippen molar-refractivity contribution in [2.45, 2.75) is 217 Å². The summed E-state index contributed by atoms with van der Waals surface area (Å²) in [6.45, 7) is 5.37. The molecule has 7 nitrogen and oxygen atoms in total. The Hall–Kier alpha value is -1.18. The number of carbonyl (C=O) groups excluding carboxylic acids is 2. The molecule has 0 aromatic heterocycles. The van der Waals surface area contributed by atoms with E-state index in [0.717, 1.165) is 51.4 Å². The van der Waals surface area contributed by atoms with Gasteiger partial charge in [-0.15, -0.1) is 0 Å². The highest BCUT2D eigenvalue weighted by molar-refractivity contribution is 5.82. The lowest BCUT2D eigenvalue weighted by Gasteiger charge is -2.26. The summed E-state index contributed by atoms with van der Waals surface area (Å²) in [6, 6.07) is 0. The number of carbonyl (C=O) groups is 2. The topological polar surface area (TPSA) is 90.2 Å². The van der Waals surface area contributed by atoms with Crippen LogP contribution in [0.25, 0.3) is 0 Å². The smallest absolute Gasteiger partial charge is 0.309 e. The maximum atomic E-state index is 13.0. The predicted octanol–water partition coefficient (Wildman–Crippen LogP) is 9.80. The third-order valence-corrected chi connectivity index (χ3v) is 11.1. The fourth-order valence-corrected chi connectivity index (χ4v) is 7.73. The van der Waals surface area contributed by atoms with Gasteiger partial charge in [0.1, 0.15) is 0 Å². The van der Waals surface area contributed by atoms with Crippen LogP contribution in [-0.4, -0.2) is 61.8 Å². The van der Waals surface area contributed by atoms with Crippen LogP contribution in [0.5, 0.6) is 0 Å². The second-order valence-electron chi connectivity index (χ2n) is 15.2. The van der Waals surface area contributed by atoms with Gasteiger partial charge in [0, 0.05) is 0 Å². The molecule has 0 amide bonds. The molecule has 0 aromatic carbocycles. The first-order chi connectivity index (χ1) is 23.1. The van der Waals surface area contributed by atoms with Gasteiger partial charge in [0.2, 0.25) is 0 Å². The Bertz CT molecular complexity index is 796. The number of rotatable bonds is 30. The molecule has 0 aromatic rings. The van der Waals surface area contributed by atoms with Crippen LogP contribution in [0, 0.1) is 11.8 Å². The second kappa shape index (κ2) is 22.5. The molecular weight excluding hydrogens is 592 g/mol. The van der Waals surface area contributed by atoms with E-state index < -0.39 is 11.8 Å². The number of hydrogen-bond donors (Lipinski definition) is 0. The Balaban J connectivity index is 0.962. The van der Waals surface area contributed by atoms with Gasteiger partial charge < -0.3 is 23.7 Å². The van der Waals surface area contributed by atoms with Crippen molar-refractivity contribution in [3.8, 4) is 0 Å². The SMILES string of the molecule is CCCCCCCCCC1OC1CCCCCOC(=O)C1CC2OC2CC1C(=O)OCCCCCC1OC1CCCCCCCCC. The molecule has 3 aliphatic heterocycles. The van der Waals surface area contributed by atoms with Gasteiger partial charge in [0.05, 0.1) is 61.7 Å². The van der Waals surface area contributed by atoms with Crippen LogP contribution in [0.15, 0.2) is 0 Å². The Morgan fingerprint density at radius 3 is 1.13 bits per heavy atom. The lowest BCUT2D eigenvalue weighted by molar-refractivity contribution is -0.162. The average Bonchev–Trinajstić information content (AvgIpc) is 3.99. The Kier molecular flexibility index (Phi) is 18.5. The summed E-state index contributed by atoms with van der Waals surface area (Å²) < 4.78 is 28.8. The Labute approximate surface area is 287 Å². The predicted molar refractivity (Wildman–Crippen MR) is 186 cm³/mol. The number of epoxide rings is 3. The summed E-state index contributed by atoms with van der Waals surface area (Å²) in [7, 11) is 0. The van der Waals surface area contributed by atoms with Crippen molar-refractivity contribution < 1.29 is 33.3 Å². The summed E-state index contributed by atoms with van der Waals surface area (Å²) in [5.41, 5.74) is 0. The minimum absolute atomic E-state index is 0.100. The van der Waals surface area contributed by atoms with E-state index in [4.69, 9.17) is 23.7 Å². The molecule has 0 radical (unpaired) electrons. The van der Waals surface area contributed by atoms with Crippen LogP contribution >= 0.6 is 0 Å². The molecule has 3 heterocycles. The average molecular weight is 663 g/mol. The van der Waals surface area contributed by atoms with Crippen molar-refractivity contribution in [2.75, 3.05) is 13.2 Å². The number of unbranched alkanes of at least 4 members (excludes halogenated alkanes) is 16. The van der Waals surface area contributed by atoms with E-state index in [9.17, 15) is 9.59 Å². The van der Waals surface area contributed by atoms with Crippen LogP contribution in [-0.2, 0) is 33.3 Å². The zero-order chi connectivity index (χ0) is 33.1. The fraction of sp³-hybridized carbons (Fsp3) is 0.950. The maximum Gasteiger partial charge on any atom is 0.309 e. The number of fused-ring (bicyclic) bond motifs is 1. The molecule has 0 bridgehead atoms. The zero-order valence-electron chi connectivity index (χ0n) is 30.3. The van der Waals surface area contributed by atoms with Crippen molar-refractivity contribution in [3.63, 3.8) is 0 Å². The Morgan fingerprint density at radius 1 is 0.447 bits per heavy atom. The van der Waals surface area contributed by atoms with Crippen molar-refractivity contribution in [1.82, 2.24) is 0 Å². The van der Waals surface area contributed by atoms with Crippen LogP contribution < -0.4 is 0 Å². The first kappa shape index (κ1) is 38.6. The molecular formula is C40H70O7. The number of hydrogen-bond acceptors (Lipinski definition) is 7. The van der Waals surface area contributed by atoms with E-state index in [1.54, 1.807) is 0 Å². The van der Waals surface area contributed by atoms with E-state index in [1.165, 1.54) is 103 Å². The normalized spacial score (nSPS) is 28.9. The van der Waals surface area contributed by atoms with Crippen molar-refractivity contribution in [3.05, 3.63) is 0 Å². The largest absolute Gasteiger partial charge is 0.465 e. The van der Waals surface area contributed by atoms with E-state index in [2.05, 4.69) is 13.8 Å². The first-order valence-electron chi connectivity index (χ1n) is 20.4. The molecule has 8 atom stereocenters. The van der Waals surface area contributed by atoms with Gasteiger partial charge >= 0.3 is 11.9 Å². The summed E-state index contributed by atoms with van der Waals surface area (Å²) >= 11 is 0. The maximum absolute atomic E-state index is 13.0. The van der Waals surface area contributed by atoms with Gasteiger partial charge in [-0.1, -0.05) is 117 Å². The van der Waals surface area contributed by atoms with Crippen molar-refractivity contribution >= 4 is 11.9 Å². The third kappa shape index (κ3) is 15.5. The minimum Gasteiger partial charge on any atom is -0.465 e. The molecule has 8 unspecified atom stereocenters. The summed E-state index contributed by atoms with van der Waals surface area (Å²) in [6.07, 6.45) is 32.7. The highest BCUT2D eigenvalue weighted by atomic mass is 16.6. The number of ether oxygens (including phenoxy) is 5. The fourth-order valence-electron chi connectivity index (χ4n) is 7.73. The van der Waals surface area contributed by atoms with Crippen LogP contribution in [0.3, 0.4) is 0 Å². The third-order valence-electron chi connectivity index (χ3n) is 11.1. The highest BCUT2D eigenvalue weighted by Gasteiger charge is 2.53. The summed E-state index contributed by atoms with van der Waals surface area (Å²) in [4.78, 5) is 26.0. The molecule has 4 rings (SSSR count). The molecule has 272 valence electrons. The lowest BCUT2D eigenvalue weighted by atomic mass is 9.79. The van der Waals surface area contributed by atoms with Crippen molar-refractivity contribution in [2.24, 2.45) is 11.8 Å². The van der Waals surface area contributed by atoms with Gasteiger partial charge in [-0.05, 0) is 64.2 Å². The van der Waals surface area contributed by atoms with E-state index >= 15 is 0 Å². The van der Waals surface area contributed by atoms with Gasteiger partial charge in [-0.3, -0.25) is 9.59 Å². The summed E-state index contributed by atoms with van der Waals surface area (Å²) in [5.74, 6) is -1.40. The van der Waals surface area contributed by atoms with E-state index in [0.29, 0.717) is 50.5 Å². The first-order valence-corrected chi connectivity index (χ1v) is 20.4. The van der Waals surface area contributed by atoms with Crippen LogP contribution in [0.2, 0.25) is 0 Å². The zero-order valence-corrected chi connectivity index (χ0v) is 30.3.